The highest BCUT2D eigenvalue weighted by atomic mass is 35.5. The third-order valence-electron chi connectivity index (χ3n) is 2.82. The fraction of sp³-hybridized carbons (Fsp3) is 0.267. The minimum absolute atomic E-state index is 0.382. The van der Waals surface area contributed by atoms with E-state index in [9.17, 15) is 0 Å². The minimum Gasteiger partial charge on any atom is -0.488 e. The second-order valence-electron chi connectivity index (χ2n) is 4.57. The molecule has 0 aliphatic carbocycles. The van der Waals surface area contributed by atoms with E-state index in [1.807, 2.05) is 24.3 Å². The van der Waals surface area contributed by atoms with Gasteiger partial charge in [-0.15, -0.1) is 0 Å². The van der Waals surface area contributed by atoms with Gasteiger partial charge in [0.2, 0.25) is 0 Å². The second kappa shape index (κ2) is 6.27. The number of benzene rings is 1. The second-order valence-corrected chi connectivity index (χ2v) is 5.31. The average molecular weight is 296 g/mol. The van der Waals surface area contributed by atoms with Gasteiger partial charge in [-0.05, 0) is 29.7 Å². The normalized spacial score (nSPS) is 10.8. The van der Waals surface area contributed by atoms with Crippen LogP contribution in [0.3, 0.4) is 0 Å². The minimum atomic E-state index is 0.382. The Labute approximate surface area is 123 Å². The van der Waals surface area contributed by atoms with Gasteiger partial charge in [0.05, 0.1) is 0 Å². The number of hydrogen-bond acceptors (Lipinski definition) is 2. The molecule has 0 unspecified atom stereocenters. The Morgan fingerprint density at radius 2 is 1.84 bits per heavy atom. The Balaban J connectivity index is 2.14. The van der Waals surface area contributed by atoms with Gasteiger partial charge in [-0.3, -0.25) is 0 Å². The lowest BCUT2D eigenvalue weighted by molar-refractivity contribution is 0.301. The van der Waals surface area contributed by atoms with Gasteiger partial charge in [-0.25, -0.2) is 4.98 Å². The molecule has 0 aliphatic heterocycles. The van der Waals surface area contributed by atoms with Crippen LogP contribution in [0.2, 0.25) is 10.3 Å². The predicted molar refractivity (Wildman–Crippen MR) is 79.1 cm³/mol. The third-order valence-corrected chi connectivity index (χ3v) is 3.35. The van der Waals surface area contributed by atoms with Crippen LogP contribution in [0.4, 0.5) is 0 Å². The van der Waals surface area contributed by atoms with Gasteiger partial charge in [0.1, 0.15) is 22.7 Å². The summed E-state index contributed by atoms with van der Waals surface area (Å²) in [6, 6.07) is 11.5. The average Bonchev–Trinajstić information content (AvgIpc) is 2.38. The third kappa shape index (κ3) is 3.62. The molecule has 2 aromatic rings. The molecule has 0 fully saturated rings. The van der Waals surface area contributed by atoms with Crippen LogP contribution in [-0.2, 0) is 6.61 Å². The summed E-state index contributed by atoms with van der Waals surface area (Å²) >= 11 is 11.8. The van der Waals surface area contributed by atoms with E-state index >= 15 is 0 Å². The zero-order chi connectivity index (χ0) is 13.8. The number of hydrogen-bond donors (Lipinski definition) is 0. The molecule has 2 rings (SSSR count). The van der Waals surface area contributed by atoms with Crippen LogP contribution in [-0.4, -0.2) is 4.98 Å². The van der Waals surface area contributed by atoms with Crippen molar-refractivity contribution in [2.45, 2.75) is 26.4 Å². The molecule has 0 amide bonds. The van der Waals surface area contributed by atoms with Gasteiger partial charge >= 0.3 is 0 Å². The van der Waals surface area contributed by atoms with E-state index in [2.05, 4.69) is 24.9 Å². The molecule has 1 heterocycles. The van der Waals surface area contributed by atoms with Crippen LogP contribution in [0.15, 0.2) is 36.4 Å². The van der Waals surface area contributed by atoms with Crippen molar-refractivity contribution < 1.29 is 4.74 Å². The first-order valence-corrected chi connectivity index (χ1v) is 6.86. The molecule has 0 radical (unpaired) electrons. The highest BCUT2D eigenvalue weighted by Crippen LogP contribution is 2.27. The van der Waals surface area contributed by atoms with Crippen LogP contribution < -0.4 is 4.74 Å². The summed E-state index contributed by atoms with van der Waals surface area (Å²) in [5.41, 5.74) is 2.00. The van der Waals surface area contributed by atoms with Gasteiger partial charge in [0.25, 0.3) is 0 Å². The molecule has 2 nitrogen and oxygen atoms in total. The van der Waals surface area contributed by atoms with Crippen molar-refractivity contribution in [3.63, 3.8) is 0 Å². The van der Waals surface area contributed by atoms with Gasteiger partial charge in [0, 0.05) is 5.56 Å². The number of para-hydroxylation sites is 1. The highest BCUT2D eigenvalue weighted by Gasteiger charge is 2.08. The summed E-state index contributed by atoms with van der Waals surface area (Å²) < 4.78 is 5.84. The molecule has 4 heteroatoms. The molecule has 0 spiro atoms. The molecule has 1 aromatic carbocycles. The topological polar surface area (TPSA) is 22.1 Å². The SMILES string of the molecule is CC(C)c1ccccc1OCc1ccc(Cl)nc1Cl. The highest BCUT2D eigenvalue weighted by molar-refractivity contribution is 6.32. The summed E-state index contributed by atoms with van der Waals surface area (Å²) in [6.07, 6.45) is 0. The van der Waals surface area contributed by atoms with Crippen molar-refractivity contribution in [1.82, 2.24) is 4.98 Å². The Morgan fingerprint density at radius 1 is 1.11 bits per heavy atom. The van der Waals surface area contributed by atoms with Crippen LogP contribution >= 0.6 is 23.2 Å². The number of ether oxygens (including phenoxy) is 1. The van der Waals surface area contributed by atoms with E-state index in [0.717, 1.165) is 11.3 Å². The predicted octanol–water partition coefficient (Wildman–Crippen LogP) is 5.09. The number of pyridine rings is 1. The van der Waals surface area contributed by atoms with E-state index in [0.29, 0.717) is 22.8 Å². The van der Waals surface area contributed by atoms with Crippen LogP contribution in [0.1, 0.15) is 30.9 Å². The molecule has 0 saturated carbocycles. The van der Waals surface area contributed by atoms with Crippen molar-refractivity contribution in [3.8, 4) is 5.75 Å². The standard InChI is InChI=1S/C15H15Cl2NO/c1-10(2)12-5-3-4-6-13(12)19-9-11-7-8-14(16)18-15(11)17/h3-8,10H,9H2,1-2H3. The van der Waals surface area contributed by atoms with E-state index < -0.39 is 0 Å². The first-order chi connectivity index (χ1) is 9.08. The number of halogens is 2. The molecule has 0 aliphatic rings. The van der Waals surface area contributed by atoms with E-state index in [1.165, 1.54) is 5.56 Å². The smallest absolute Gasteiger partial charge is 0.137 e. The van der Waals surface area contributed by atoms with Crippen molar-refractivity contribution in [2.24, 2.45) is 0 Å². The van der Waals surface area contributed by atoms with Crippen molar-refractivity contribution >= 4 is 23.2 Å². The van der Waals surface area contributed by atoms with E-state index in [1.54, 1.807) is 6.07 Å². The fourth-order valence-corrected chi connectivity index (χ4v) is 2.19. The largest absolute Gasteiger partial charge is 0.488 e. The lowest BCUT2D eigenvalue weighted by Crippen LogP contribution is -2.01. The zero-order valence-corrected chi connectivity index (χ0v) is 12.4. The summed E-state index contributed by atoms with van der Waals surface area (Å²) in [7, 11) is 0. The molecule has 0 N–H and O–H groups in total. The fourth-order valence-electron chi connectivity index (χ4n) is 1.79. The Kier molecular flexibility index (Phi) is 4.67. The monoisotopic (exact) mass is 295 g/mol. The van der Waals surface area contributed by atoms with Gasteiger partial charge in [0.15, 0.2) is 0 Å². The van der Waals surface area contributed by atoms with E-state index in [4.69, 9.17) is 27.9 Å². The molecule has 100 valence electrons. The summed E-state index contributed by atoms with van der Waals surface area (Å²) in [5.74, 6) is 1.29. The van der Waals surface area contributed by atoms with Gasteiger partial charge < -0.3 is 4.74 Å². The summed E-state index contributed by atoms with van der Waals surface area (Å²) in [6.45, 7) is 4.66. The number of rotatable bonds is 4. The Hall–Kier alpha value is -1.25. The first-order valence-electron chi connectivity index (χ1n) is 6.10. The number of aromatic nitrogens is 1. The molecule has 1 aromatic heterocycles. The molecule has 0 atom stereocenters. The Bertz CT molecular complexity index is 570. The number of nitrogens with zero attached hydrogens (tertiary/aromatic N) is 1. The van der Waals surface area contributed by atoms with Crippen LogP contribution in [0.5, 0.6) is 5.75 Å². The lowest BCUT2D eigenvalue weighted by atomic mass is 10.0. The summed E-state index contributed by atoms with van der Waals surface area (Å²) in [4.78, 5) is 3.99. The van der Waals surface area contributed by atoms with E-state index in [-0.39, 0.29) is 0 Å². The molecular formula is C15H15Cl2NO. The molecular weight excluding hydrogens is 281 g/mol. The van der Waals surface area contributed by atoms with Crippen molar-refractivity contribution in [3.05, 3.63) is 57.8 Å². The maximum absolute atomic E-state index is 6.02. The molecule has 0 saturated heterocycles. The maximum Gasteiger partial charge on any atom is 0.137 e. The van der Waals surface area contributed by atoms with Crippen LogP contribution in [0, 0.1) is 0 Å². The van der Waals surface area contributed by atoms with Gasteiger partial charge in [-0.1, -0.05) is 55.2 Å². The summed E-state index contributed by atoms with van der Waals surface area (Å²) in [5, 5.41) is 0.769. The lowest BCUT2D eigenvalue weighted by Gasteiger charge is -2.14. The van der Waals surface area contributed by atoms with Crippen LogP contribution in [0.25, 0.3) is 0 Å². The molecule has 0 bridgehead atoms. The zero-order valence-electron chi connectivity index (χ0n) is 10.9. The molecule has 19 heavy (non-hydrogen) atoms. The van der Waals surface area contributed by atoms with Crippen molar-refractivity contribution in [2.75, 3.05) is 0 Å². The Morgan fingerprint density at radius 3 is 2.53 bits per heavy atom. The van der Waals surface area contributed by atoms with Gasteiger partial charge in [-0.2, -0.15) is 0 Å². The first kappa shape index (κ1) is 14.2. The van der Waals surface area contributed by atoms with Crippen molar-refractivity contribution in [1.29, 1.82) is 0 Å². The quantitative estimate of drug-likeness (QED) is 0.733. The maximum atomic E-state index is 6.02.